The molecular formula is C27H27N3O2. The zero-order valence-corrected chi connectivity index (χ0v) is 18.5. The van der Waals surface area contributed by atoms with Crippen molar-refractivity contribution in [3.8, 4) is 11.5 Å². The number of hydrogen-bond acceptors (Lipinski definition) is 5. The van der Waals surface area contributed by atoms with Gasteiger partial charge < -0.3 is 14.7 Å². The van der Waals surface area contributed by atoms with Crippen LogP contribution in [0.5, 0.6) is 11.5 Å². The number of nitrogens with zero attached hydrogens (tertiary/aromatic N) is 3. The summed E-state index contributed by atoms with van der Waals surface area (Å²) in [5.74, 6) is 1.25. The number of ether oxygens (including phenoxy) is 1. The van der Waals surface area contributed by atoms with Crippen LogP contribution in [0.15, 0.2) is 70.6 Å². The molecule has 162 valence electrons. The molecule has 0 spiro atoms. The van der Waals surface area contributed by atoms with Gasteiger partial charge in [0.25, 0.3) is 0 Å². The SMILES string of the molecule is CN(C)CCCOc1cccc2c1CC(c1ccc(C3=Nc4cccc(O)c4C3)cc1)=N2. The maximum Gasteiger partial charge on any atom is 0.125 e. The molecule has 0 amide bonds. The Balaban J connectivity index is 1.28. The van der Waals surface area contributed by atoms with Crippen LogP contribution in [-0.4, -0.2) is 48.7 Å². The van der Waals surface area contributed by atoms with Gasteiger partial charge in [0.15, 0.2) is 0 Å². The summed E-state index contributed by atoms with van der Waals surface area (Å²) in [6.45, 7) is 1.72. The molecule has 0 aromatic heterocycles. The number of fused-ring (bicyclic) bond motifs is 2. The van der Waals surface area contributed by atoms with Crippen molar-refractivity contribution in [1.82, 2.24) is 4.90 Å². The molecule has 2 heterocycles. The molecule has 3 aromatic carbocycles. The van der Waals surface area contributed by atoms with Gasteiger partial charge in [0.1, 0.15) is 11.5 Å². The summed E-state index contributed by atoms with van der Waals surface area (Å²) in [5, 5.41) is 10.1. The van der Waals surface area contributed by atoms with Gasteiger partial charge in [-0.3, -0.25) is 9.98 Å². The first-order valence-corrected chi connectivity index (χ1v) is 11.0. The molecule has 0 aliphatic carbocycles. The van der Waals surface area contributed by atoms with Gasteiger partial charge in [0.2, 0.25) is 0 Å². The summed E-state index contributed by atoms with van der Waals surface area (Å²) in [7, 11) is 4.15. The van der Waals surface area contributed by atoms with Crippen molar-refractivity contribution in [3.05, 3.63) is 82.9 Å². The second kappa shape index (κ2) is 8.60. The van der Waals surface area contributed by atoms with Gasteiger partial charge in [-0.2, -0.15) is 0 Å². The van der Waals surface area contributed by atoms with Crippen LogP contribution >= 0.6 is 0 Å². The summed E-state index contributed by atoms with van der Waals surface area (Å²) in [6.07, 6.45) is 2.43. The number of hydrogen-bond donors (Lipinski definition) is 1. The Hall–Kier alpha value is -3.44. The third-order valence-electron chi connectivity index (χ3n) is 5.99. The van der Waals surface area contributed by atoms with Crippen LogP contribution in [0.2, 0.25) is 0 Å². The smallest absolute Gasteiger partial charge is 0.125 e. The van der Waals surface area contributed by atoms with Crippen LogP contribution in [-0.2, 0) is 12.8 Å². The lowest BCUT2D eigenvalue weighted by Gasteiger charge is -2.12. The fourth-order valence-corrected chi connectivity index (χ4v) is 4.28. The van der Waals surface area contributed by atoms with E-state index in [2.05, 4.69) is 49.3 Å². The van der Waals surface area contributed by atoms with Gasteiger partial charge in [-0.1, -0.05) is 36.4 Å². The second-order valence-corrected chi connectivity index (χ2v) is 8.58. The average Bonchev–Trinajstić information content (AvgIpc) is 3.42. The highest BCUT2D eigenvalue weighted by Crippen LogP contribution is 2.37. The van der Waals surface area contributed by atoms with E-state index < -0.39 is 0 Å². The minimum atomic E-state index is 0.315. The average molecular weight is 426 g/mol. The van der Waals surface area contributed by atoms with E-state index in [-0.39, 0.29) is 0 Å². The van der Waals surface area contributed by atoms with Gasteiger partial charge in [-0.25, -0.2) is 0 Å². The maximum absolute atomic E-state index is 10.1. The largest absolute Gasteiger partial charge is 0.508 e. The Morgan fingerprint density at radius 2 is 1.41 bits per heavy atom. The summed E-state index contributed by atoms with van der Waals surface area (Å²) in [6, 6.07) is 20.0. The Labute approximate surface area is 188 Å². The minimum Gasteiger partial charge on any atom is -0.508 e. The highest BCUT2D eigenvalue weighted by molar-refractivity contribution is 6.09. The molecule has 5 rings (SSSR count). The zero-order valence-electron chi connectivity index (χ0n) is 18.5. The third-order valence-corrected chi connectivity index (χ3v) is 5.99. The lowest BCUT2D eigenvalue weighted by molar-refractivity contribution is 0.280. The molecule has 5 nitrogen and oxygen atoms in total. The van der Waals surface area contributed by atoms with Crippen LogP contribution in [0, 0.1) is 0 Å². The Morgan fingerprint density at radius 1 is 0.812 bits per heavy atom. The topological polar surface area (TPSA) is 57.4 Å². The van der Waals surface area contributed by atoms with E-state index in [1.54, 1.807) is 6.07 Å². The minimum absolute atomic E-state index is 0.315. The zero-order chi connectivity index (χ0) is 22.1. The lowest BCUT2D eigenvalue weighted by atomic mass is 9.99. The standard InChI is InChI=1S/C27H27N3O2/c1-30(2)14-5-15-32-27-9-4-7-23-21(27)17-25(29-23)19-12-10-18(11-13-19)24-16-20-22(28-24)6-3-8-26(20)31/h3-4,6-13,31H,5,14-17H2,1-2H3. The van der Waals surface area contributed by atoms with Crippen molar-refractivity contribution in [2.45, 2.75) is 19.3 Å². The third kappa shape index (κ3) is 4.04. The van der Waals surface area contributed by atoms with Crippen molar-refractivity contribution >= 4 is 22.8 Å². The monoisotopic (exact) mass is 425 g/mol. The molecule has 0 radical (unpaired) electrons. The normalized spacial score (nSPS) is 14.2. The molecular weight excluding hydrogens is 398 g/mol. The van der Waals surface area contributed by atoms with Crippen LogP contribution in [0.25, 0.3) is 0 Å². The Morgan fingerprint density at radius 3 is 2.03 bits per heavy atom. The van der Waals surface area contributed by atoms with Gasteiger partial charge in [-0.15, -0.1) is 0 Å². The number of phenols is 1. The summed E-state index contributed by atoms with van der Waals surface area (Å²) < 4.78 is 6.07. The first kappa shape index (κ1) is 20.5. The van der Waals surface area contributed by atoms with Crippen LogP contribution in [0.1, 0.15) is 28.7 Å². The van der Waals surface area contributed by atoms with Gasteiger partial charge in [0.05, 0.1) is 29.4 Å². The molecule has 0 unspecified atom stereocenters. The second-order valence-electron chi connectivity index (χ2n) is 8.58. The predicted octanol–water partition coefficient (Wildman–Crippen LogP) is 5.08. The summed E-state index contributed by atoms with van der Waals surface area (Å²) in [5.41, 5.74) is 8.16. The Kier molecular flexibility index (Phi) is 5.50. The first-order valence-electron chi connectivity index (χ1n) is 11.0. The summed E-state index contributed by atoms with van der Waals surface area (Å²) >= 11 is 0. The van der Waals surface area contributed by atoms with E-state index in [9.17, 15) is 5.11 Å². The molecule has 0 bridgehead atoms. The van der Waals surface area contributed by atoms with E-state index in [0.717, 1.165) is 64.6 Å². The fourth-order valence-electron chi connectivity index (χ4n) is 4.28. The van der Waals surface area contributed by atoms with Gasteiger partial charge >= 0.3 is 0 Å². The van der Waals surface area contributed by atoms with E-state index in [1.165, 1.54) is 5.56 Å². The molecule has 0 saturated heterocycles. The van der Waals surface area contributed by atoms with Crippen LogP contribution in [0.4, 0.5) is 11.4 Å². The Bertz CT molecular complexity index is 1210. The van der Waals surface area contributed by atoms with Gasteiger partial charge in [0, 0.05) is 30.5 Å². The van der Waals surface area contributed by atoms with E-state index in [0.29, 0.717) is 18.8 Å². The molecule has 0 fully saturated rings. The van der Waals surface area contributed by atoms with Crippen molar-refractivity contribution in [3.63, 3.8) is 0 Å². The summed E-state index contributed by atoms with van der Waals surface area (Å²) in [4.78, 5) is 11.8. The fraction of sp³-hybridized carbons (Fsp3) is 0.259. The number of aliphatic imine (C=N–C) groups is 2. The molecule has 3 aromatic rings. The van der Waals surface area contributed by atoms with Crippen molar-refractivity contribution in [2.24, 2.45) is 9.98 Å². The maximum atomic E-state index is 10.1. The molecule has 0 atom stereocenters. The van der Waals surface area contributed by atoms with E-state index in [1.807, 2.05) is 24.3 Å². The molecule has 2 aliphatic heterocycles. The first-order chi connectivity index (χ1) is 15.6. The van der Waals surface area contributed by atoms with E-state index >= 15 is 0 Å². The molecule has 0 saturated carbocycles. The molecule has 5 heteroatoms. The number of rotatable bonds is 7. The van der Waals surface area contributed by atoms with Crippen LogP contribution < -0.4 is 4.74 Å². The predicted molar refractivity (Wildman–Crippen MR) is 129 cm³/mol. The van der Waals surface area contributed by atoms with Crippen molar-refractivity contribution in [1.29, 1.82) is 0 Å². The van der Waals surface area contributed by atoms with E-state index in [4.69, 9.17) is 14.7 Å². The van der Waals surface area contributed by atoms with Crippen LogP contribution in [0.3, 0.4) is 0 Å². The molecule has 1 N–H and O–H groups in total. The number of aromatic hydroxyl groups is 1. The van der Waals surface area contributed by atoms with Gasteiger partial charge in [-0.05, 0) is 55.9 Å². The lowest BCUT2D eigenvalue weighted by Crippen LogP contribution is -2.15. The number of phenolic OH excluding ortho intramolecular Hbond substituents is 1. The molecule has 32 heavy (non-hydrogen) atoms. The van der Waals surface area contributed by atoms with Crippen molar-refractivity contribution < 1.29 is 9.84 Å². The number of benzene rings is 3. The highest BCUT2D eigenvalue weighted by Gasteiger charge is 2.22. The highest BCUT2D eigenvalue weighted by atomic mass is 16.5. The quantitative estimate of drug-likeness (QED) is 0.537. The molecule has 2 aliphatic rings. The van der Waals surface area contributed by atoms with Crippen molar-refractivity contribution in [2.75, 3.05) is 27.2 Å².